The Hall–Kier alpha value is -2.23. The number of likely N-dealkylation sites (tertiary alicyclic amines) is 1. The van der Waals surface area contributed by atoms with Crippen molar-refractivity contribution in [1.82, 2.24) is 24.4 Å². The highest BCUT2D eigenvalue weighted by Gasteiger charge is 2.30. The van der Waals surface area contributed by atoms with Crippen LogP contribution in [0.4, 0.5) is 0 Å². The first-order chi connectivity index (χ1) is 15.1. The molecule has 1 amide bonds. The Morgan fingerprint density at radius 2 is 2.13 bits per heavy atom. The number of carbonyl (C=O) groups excluding carboxylic acids is 1. The number of aromatic amines is 1. The van der Waals surface area contributed by atoms with E-state index in [-0.39, 0.29) is 24.0 Å². The number of H-pyrrole nitrogens is 1. The van der Waals surface area contributed by atoms with Gasteiger partial charge in [-0.3, -0.25) is 19.6 Å². The Labute approximate surface area is 181 Å². The highest BCUT2D eigenvalue weighted by molar-refractivity contribution is 5.77. The van der Waals surface area contributed by atoms with Crippen LogP contribution in [0.15, 0.2) is 10.9 Å². The number of hydrogen-bond acceptors (Lipinski definition) is 6. The maximum Gasteiger partial charge on any atom is 0.277 e. The standard InChI is InChI=1S/C22H31N5O4/c1-30-14-21(28)26-7-2-3-15(12-26)19-11-20-23-18-4-8-25(16-5-9-31-10-6-16)13-17(18)22(29)27(20)24-19/h11,15-16,24H,2-10,12-14H2,1H3/t15-/m0/s1. The van der Waals surface area contributed by atoms with Gasteiger partial charge in [0.1, 0.15) is 6.61 Å². The van der Waals surface area contributed by atoms with Crippen LogP contribution in [-0.4, -0.2) is 82.9 Å². The third-order valence-electron chi connectivity index (χ3n) is 7.00. The van der Waals surface area contributed by atoms with Crippen molar-refractivity contribution in [2.75, 3.05) is 46.6 Å². The molecule has 5 rings (SSSR count). The third-order valence-corrected chi connectivity index (χ3v) is 7.00. The second-order valence-electron chi connectivity index (χ2n) is 8.92. The summed E-state index contributed by atoms with van der Waals surface area (Å²) in [6.45, 7) is 4.71. The van der Waals surface area contributed by atoms with Gasteiger partial charge < -0.3 is 14.4 Å². The second-order valence-corrected chi connectivity index (χ2v) is 8.92. The topological polar surface area (TPSA) is 92.2 Å². The highest BCUT2D eigenvalue weighted by atomic mass is 16.5. The summed E-state index contributed by atoms with van der Waals surface area (Å²) in [5.41, 5.74) is 3.40. The van der Waals surface area contributed by atoms with Gasteiger partial charge in [0.05, 0.1) is 11.3 Å². The van der Waals surface area contributed by atoms with Crippen LogP contribution in [0.5, 0.6) is 0 Å². The summed E-state index contributed by atoms with van der Waals surface area (Å²) in [5, 5.41) is 3.30. The first-order valence-electron chi connectivity index (χ1n) is 11.4. The molecule has 2 aromatic heterocycles. The van der Waals surface area contributed by atoms with E-state index in [1.165, 1.54) is 0 Å². The average Bonchev–Trinajstić information content (AvgIpc) is 3.24. The van der Waals surface area contributed by atoms with Crippen molar-refractivity contribution in [2.24, 2.45) is 0 Å². The van der Waals surface area contributed by atoms with Gasteiger partial charge in [0.25, 0.3) is 5.56 Å². The van der Waals surface area contributed by atoms with E-state index in [1.807, 2.05) is 11.0 Å². The third kappa shape index (κ3) is 4.02. The molecule has 9 nitrogen and oxygen atoms in total. The lowest BCUT2D eigenvalue weighted by Gasteiger charge is -2.36. The van der Waals surface area contributed by atoms with Gasteiger partial charge in [0, 0.05) is 76.6 Å². The van der Waals surface area contributed by atoms with E-state index in [0.29, 0.717) is 24.8 Å². The molecule has 0 bridgehead atoms. The minimum absolute atomic E-state index is 0.00568. The van der Waals surface area contributed by atoms with E-state index in [0.717, 1.165) is 75.4 Å². The van der Waals surface area contributed by atoms with Crippen LogP contribution in [0.2, 0.25) is 0 Å². The van der Waals surface area contributed by atoms with Crippen LogP contribution in [0, 0.1) is 0 Å². The van der Waals surface area contributed by atoms with Gasteiger partial charge >= 0.3 is 0 Å². The van der Waals surface area contributed by atoms with Crippen LogP contribution in [0.25, 0.3) is 5.65 Å². The van der Waals surface area contributed by atoms with Gasteiger partial charge in [-0.2, -0.15) is 0 Å². The van der Waals surface area contributed by atoms with E-state index < -0.39 is 0 Å². The molecule has 0 spiro atoms. The molecule has 5 heterocycles. The summed E-state index contributed by atoms with van der Waals surface area (Å²) in [5.74, 6) is 0.189. The van der Waals surface area contributed by atoms with Crippen molar-refractivity contribution in [3.63, 3.8) is 0 Å². The molecule has 0 unspecified atom stereocenters. The summed E-state index contributed by atoms with van der Waals surface area (Å²) in [4.78, 5) is 34.7. The molecule has 3 aliphatic heterocycles. The van der Waals surface area contributed by atoms with E-state index in [4.69, 9.17) is 14.5 Å². The molecule has 9 heteroatoms. The molecule has 0 saturated carbocycles. The van der Waals surface area contributed by atoms with Gasteiger partial charge in [-0.15, -0.1) is 0 Å². The molecule has 0 aliphatic carbocycles. The lowest BCUT2D eigenvalue weighted by molar-refractivity contribution is -0.136. The second kappa shape index (κ2) is 8.72. The predicted molar refractivity (Wildman–Crippen MR) is 114 cm³/mol. The van der Waals surface area contributed by atoms with E-state index >= 15 is 0 Å². The molecule has 2 aromatic rings. The molecule has 31 heavy (non-hydrogen) atoms. The summed E-state index contributed by atoms with van der Waals surface area (Å²) < 4.78 is 12.1. The van der Waals surface area contributed by atoms with Crippen molar-refractivity contribution in [1.29, 1.82) is 0 Å². The van der Waals surface area contributed by atoms with E-state index in [2.05, 4.69) is 10.00 Å². The molecule has 0 radical (unpaired) electrons. The zero-order valence-electron chi connectivity index (χ0n) is 18.1. The fourth-order valence-corrected chi connectivity index (χ4v) is 5.26. The van der Waals surface area contributed by atoms with Crippen molar-refractivity contribution < 1.29 is 14.3 Å². The number of methoxy groups -OCH3 is 1. The van der Waals surface area contributed by atoms with Crippen LogP contribution >= 0.6 is 0 Å². The van der Waals surface area contributed by atoms with Gasteiger partial charge in [-0.25, -0.2) is 9.50 Å². The summed E-state index contributed by atoms with van der Waals surface area (Å²) >= 11 is 0. The Morgan fingerprint density at radius 3 is 2.94 bits per heavy atom. The number of amides is 1. The van der Waals surface area contributed by atoms with Crippen LogP contribution in [0.3, 0.4) is 0 Å². The van der Waals surface area contributed by atoms with Crippen molar-refractivity contribution >= 4 is 11.6 Å². The Morgan fingerprint density at radius 1 is 1.29 bits per heavy atom. The Bertz CT molecular complexity index is 1010. The summed E-state index contributed by atoms with van der Waals surface area (Å²) in [6.07, 6.45) is 4.78. The van der Waals surface area contributed by atoms with E-state index in [9.17, 15) is 9.59 Å². The van der Waals surface area contributed by atoms with Crippen molar-refractivity contribution in [3.8, 4) is 0 Å². The highest BCUT2D eigenvalue weighted by Crippen LogP contribution is 2.27. The largest absolute Gasteiger partial charge is 0.381 e. The zero-order chi connectivity index (χ0) is 21.4. The minimum Gasteiger partial charge on any atom is -0.381 e. The van der Waals surface area contributed by atoms with Gasteiger partial charge in [0.2, 0.25) is 5.91 Å². The molecule has 1 N–H and O–H groups in total. The quantitative estimate of drug-likeness (QED) is 0.777. The average molecular weight is 430 g/mol. The molecule has 168 valence electrons. The minimum atomic E-state index is 0.00568. The monoisotopic (exact) mass is 429 g/mol. The summed E-state index contributed by atoms with van der Waals surface area (Å²) in [7, 11) is 1.54. The molecule has 2 fully saturated rings. The fraction of sp³-hybridized carbons (Fsp3) is 0.682. The van der Waals surface area contributed by atoms with Crippen LogP contribution in [0.1, 0.15) is 48.6 Å². The first-order valence-corrected chi connectivity index (χ1v) is 11.4. The number of fused-ring (bicyclic) bond motifs is 2. The number of rotatable bonds is 4. The Balaban J connectivity index is 1.39. The van der Waals surface area contributed by atoms with Crippen molar-refractivity contribution in [3.05, 3.63) is 33.4 Å². The maximum atomic E-state index is 13.3. The summed E-state index contributed by atoms with van der Waals surface area (Å²) in [6, 6.07) is 2.47. The lowest BCUT2D eigenvalue weighted by atomic mass is 9.95. The van der Waals surface area contributed by atoms with Gasteiger partial charge in [-0.05, 0) is 25.7 Å². The number of ether oxygens (including phenoxy) is 2. The first kappa shape index (κ1) is 20.7. The number of carbonyl (C=O) groups is 1. The number of nitrogens with one attached hydrogen (secondary N) is 1. The van der Waals surface area contributed by atoms with Crippen LogP contribution < -0.4 is 5.56 Å². The van der Waals surface area contributed by atoms with E-state index in [1.54, 1.807) is 11.6 Å². The zero-order valence-corrected chi connectivity index (χ0v) is 18.1. The Kier molecular flexibility index (Phi) is 5.81. The number of nitrogens with zero attached hydrogens (tertiary/aromatic N) is 4. The SMILES string of the molecule is COCC(=O)N1CCC[C@H](c2cc3nc4c(c(=O)n3[nH]2)CN(C2CCOCC2)CC4)C1. The molecule has 2 saturated heterocycles. The normalized spacial score (nSPS) is 23.3. The molecule has 1 atom stereocenters. The number of aromatic nitrogens is 3. The van der Waals surface area contributed by atoms with Gasteiger partial charge in [-0.1, -0.05) is 0 Å². The predicted octanol–water partition coefficient (Wildman–Crippen LogP) is 0.912. The number of hydrogen-bond donors (Lipinski definition) is 1. The van der Waals surface area contributed by atoms with Crippen molar-refractivity contribution in [2.45, 2.75) is 50.6 Å². The fourth-order valence-electron chi connectivity index (χ4n) is 5.26. The maximum absolute atomic E-state index is 13.3. The molecular formula is C22H31N5O4. The molecular weight excluding hydrogens is 398 g/mol. The smallest absolute Gasteiger partial charge is 0.277 e. The van der Waals surface area contributed by atoms with Gasteiger partial charge in [0.15, 0.2) is 5.65 Å². The molecule has 0 aromatic carbocycles. The molecule has 3 aliphatic rings. The number of piperidine rings is 1. The lowest BCUT2D eigenvalue weighted by Crippen LogP contribution is -2.44. The van der Waals surface area contributed by atoms with Crippen LogP contribution in [-0.2, 0) is 27.2 Å².